The number of rotatable bonds is 2. The van der Waals surface area contributed by atoms with E-state index in [-0.39, 0.29) is 11.5 Å². The molecule has 0 spiro atoms. The average molecular weight is 339 g/mol. The van der Waals surface area contributed by atoms with Crippen LogP contribution in [0.25, 0.3) is 0 Å². The Bertz CT molecular complexity index is 640. The van der Waals surface area contributed by atoms with E-state index in [2.05, 4.69) is 41.5 Å². The quantitative estimate of drug-likeness (QED) is 0.473. The fourth-order valence-electron chi connectivity index (χ4n) is 2.19. The molecule has 2 heterocycles. The van der Waals surface area contributed by atoms with Gasteiger partial charge in [-0.3, -0.25) is 0 Å². The molecule has 0 N–H and O–H groups in total. The van der Waals surface area contributed by atoms with Crippen LogP contribution in [0.2, 0.25) is 0 Å². The monoisotopic (exact) mass is 338 g/mol. The number of aromatic nitrogens is 1. The number of hydrogen-bond acceptors (Lipinski definition) is 5. The topological polar surface area (TPSA) is 62.7 Å². The molecule has 1 aromatic heterocycles. The van der Waals surface area contributed by atoms with Crippen molar-refractivity contribution in [3.63, 3.8) is 0 Å². The zero-order chi connectivity index (χ0) is 16.2. The summed E-state index contributed by atoms with van der Waals surface area (Å²) in [6, 6.07) is 0. The Hall–Kier alpha value is -1.10. The predicted octanol–water partition coefficient (Wildman–Crippen LogP) is 3.13. The second-order valence-corrected chi connectivity index (χ2v) is 8.01. The SMILES string of the molecule is CSC(=NC#N)N=c1sc(C(C)(C)C)cn1CC1CCCO1. The van der Waals surface area contributed by atoms with Gasteiger partial charge in [0.1, 0.15) is 0 Å². The molecule has 1 aliphatic rings. The number of hydrogen-bond donors (Lipinski definition) is 0. The van der Waals surface area contributed by atoms with Crippen molar-refractivity contribution in [2.75, 3.05) is 12.9 Å². The molecule has 7 heteroatoms. The molecular formula is C15H22N4OS2. The van der Waals surface area contributed by atoms with Gasteiger partial charge in [0.05, 0.1) is 12.6 Å². The highest BCUT2D eigenvalue weighted by Crippen LogP contribution is 2.25. The molecule has 1 aliphatic heterocycles. The van der Waals surface area contributed by atoms with Crippen molar-refractivity contribution in [1.29, 1.82) is 5.26 Å². The van der Waals surface area contributed by atoms with Gasteiger partial charge in [0, 0.05) is 17.7 Å². The first kappa shape index (κ1) is 17.3. The Labute approximate surface area is 139 Å². The zero-order valence-corrected chi connectivity index (χ0v) is 15.1. The molecule has 0 aromatic carbocycles. The van der Waals surface area contributed by atoms with Crippen molar-refractivity contribution in [3.05, 3.63) is 15.9 Å². The molecule has 0 saturated carbocycles. The maximum absolute atomic E-state index is 8.75. The Kier molecular flexibility index (Phi) is 5.84. The second-order valence-electron chi connectivity index (χ2n) is 6.23. The number of thioether (sulfide) groups is 1. The molecule has 0 bridgehead atoms. The fourth-order valence-corrected chi connectivity index (χ4v) is 3.62. The fraction of sp³-hybridized carbons (Fsp3) is 0.667. The van der Waals surface area contributed by atoms with Gasteiger partial charge < -0.3 is 9.30 Å². The molecule has 5 nitrogen and oxygen atoms in total. The van der Waals surface area contributed by atoms with E-state index in [9.17, 15) is 0 Å². The van der Waals surface area contributed by atoms with Gasteiger partial charge in [-0.2, -0.15) is 10.3 Å². The van der Waals surface area contributed by atoms with Crippen LogP contribution in [-0.4, -0.2) is 28.7 Å². The summed E-state index contributed by atoms with van der Waals surface area (Å²) < 4.78 is 7.88. The van der Waals surface area contributed by atoms with E-state index >= 15 is 0 Å². The minimum atomic E-state index is 0.0720. The van der Waals surface area contributed by atoms with E-state index in [1.54, 1.807) is 11.3 Å². The van der Waals surface area contributed by atoms with Crippen molar-refractivity contribution in [2.45, 2.75) is 51.7 Å². The smallest absolute Gasteiger partial charge is 0.208 e. The maximum atomic E-state index is 8.75. The standard InChI is InChI=1S/C15H22N4OS2/c1-15(2,3)12-9-19(8-11-6-5-7-20-11)14(22-12)18-13(21-4)17-10-16/h9,11H,5-8H2,1-4H3. The summed E-state index contributed by atoms with van der Waals surface area (Å²) in [5.74, 6) is 0. The summed E-state index contributed by atoms with van der Waals surface area (Å²) >= 11 is 3.04. The molecule has 120 valence electrons. The minimum Gasteiger partial charge on any atom is -0.376 e. The van der Waals surface area contributed by atoms with Crippen molar-refractivity contribution in [1.82, 2.24) is 4.57 Å². The lowest BCUT2D eigenvalue weighted by molar-refractivity contribution is 0.0963. The van der Waals surface area contributed by atoms with E-state index < -0.39 is 0 Å². The van der Waals surface area contributed by atoms with Gasteiger partial charge in [-0.15, -0.1) is 16.3 Å². The summed E-state index contributed by atoms with van der Waals surface area (Å²) in [6.07, 6.45) is 8.33. The van der Waals surface area contributed by atoms with Crippen molar-refractivity contribution >= 4 is 28.3 Å². The van der Waals surface area contributed by atoms with Crippen molar-refractivity contribution < 1.29 is 4.74 Å². The second kappa shape index (κ2) is 7.44. The summed E-state index contributed by atoms with van der Waals surface area (Å²) in [4.78, 5) is 10.5. The summed E-state index contributed by atoms with van der Waals surface area (Å²) in [7, 11) is 0. The number of thiazole rings is 1. The van der Waals surface area contributed by atoms with Crippen LogP contribution in [-0.2, 0) is 16.7 Å². The van der Waals surface area contributed by atoms with Gasteiger partial charge in [-0.05, 0) is 24.5 Å². The molecule has 1 saturated heterocycles. The van der Waals surface area contributed by atoms with Gasteiger partial charge in [-0.1, -0.05) is 32.5 Å². The van der Waals surface area contributed by atoms with Gasteiger partial charge in [-0.25, -0.2) is 0 Å². The highest BCUT2D eigenvalue weighted by atomic mass is 32.2. The van der Waals surface area contributed by atoms with Crippen LogP contribution >= 0.6 is 23.1 Å². The lowest BCUT2D eigenvalue weighted by Gasteiger charge is -2.15. The lowest BCUT2D eigenvalue weighted by Crippen LogP contribution is -2.23. The Balaban J connectivity index is 2.41. The van der Waals surface area contributed by atoms with Gasteiger partial charge in [0.15, 0.2) is 4.80 Å². The number of nitriles is 1. The van der Waals surface area contributed by atoms with Gasteiger partial charge in [0.25, 0.3) is 0 Å². The molecule has 22 heavy (non-hydrogen) atoms. The molecule has 1 fully saturated rings. The molecule has 0 amide bonds. The normalized spacial score (nSPS) is 20.4. The van der Waals surface area contributed by atoms with Crippen molar-refractivity contribution in [3.8, 4) is 6.19 Å². The first-order valence-corrected chi connectivity index (χ1v) is 9.36. The Morgan fingerprint density at radius 1 is 1.59 bits per heavy atom. The average Bonchev–Trinajstić information content (AvgIpc) is 3.08. The summed E-state index contributed by atoms with van der Waals surface area (Å²) in [5, 5.41) is 9.24. The third-order valence-corrected chi connectivity index (χ3v) is 5.40. The van der Waals surface area contributed by atoms with Gasteiger partial charge >= 0.3 is 0 Å². The highest BCUT2D eigenvalue weighted by Gasteiger charge is 2.21. The predicted molar refractivity (Wildman–Crippen MR) is 92.1 cm³/mol. The van der Waals surface area contributed by atoms with Gasteiger partial charge in [0.2, 0.25) is 11.4 Å². The minimum absolute atomic E-state index is 0.0720. The molecule has 0 aliphatic carbocycles. The molecule has 1 aromatic rings. The molecule has 2 rings (SSSR count). The number of nitrogens with zero attached hydrogens (tertiary/aromatic N) is 4. The van der Waals surface area contributed by atoms with Crippen LogP contribution in [0, 0.1) is 11.5 Å². The van der Waals surface area contributed by atoms with Crippen LogP contribution in [0.15, 0.2) is 16.2 Å². The summed E-state index contributed by atoms with van der Waals surface area (Å²) in [6.45, 7) is 8.23. The number of amidine groups is 1. The van der Waals surface area contributed by atoms with Crippen molar-refractivity contribution in [2.24, 2.45) is 9.98 Å². The van der Waals surface area contributed by atoms with E-state index in [1.807, 2.05) is 12.4 Å². The van der Waals surface area contributed by atoms with E-state index in [0.29, 0.717) is 5.17 Å². The summed E-state index contributed by atoms with van der Waals surface area (Å²) in [5.41, 5.74) is 0.0720. The van der Waals surface area contributed by atoms with E-state index in [0.717, 1.165) is 30.8 Å². The maximum Gasteiger partial charge on any atom is 0.208 e. The molecular weight excluding hydrogens is 316 g/mol. The van der Waals surface area contributed by atoms with Crippen LogP contribution in [0.4, 0.5) is 0 Å². The van der Waals surface area contributed by atoms with Crippen LogP contribution in [0.3, 0.4) is 0 Å². The van der Waals surface area contributed by atoms with Crippen LogP contribution < -0.4 is 4.80 Å². The van der Waals surface area contributed by atoms with E-state index in [4.69, 9.17) is 10.00 Å². The third-order valence-electron chi connectivity index (χ3n) is 3.40. The molecule has 1 unspecified atom stereocenters. The molecule has 0 radical (unpaired) electrons. The Morgan fingerprint density at radius 2 is 2.36 bits per heavy atom. The first-order chi connectivity index (χ1) is 10.4. The Morgan fingerprint density at radius 3 is 2.91 bits per heavy atom. The number of aliphatic imine (C=N–C) groups is 1. The van der Waals surface area contributed by atoms with E-state index in [1.165, 1.54) is 16.6 Å². The third kappa shape index (κ3) is 4.45. The highest BCUT2D eigenvalue weighted by molar-refractivity contribution is 8.13. The lowest BCUT2D eigenvalue weighted by atomic mass is 9.95. The molecule has 1 atom stereocenters. The van der Waals surface area contributed by atoms with Crippen LogP contribution in [0.5, 0.6) is 0 Å². The zero-order valence-electron chi connectivity index (χ0n) is 13.5. The van der Waals surface area contributed by atoms with Crippen LogP contribution in [0.1, 0.15) is 38.5 Å². The number of ether oxygens (including phenoxy) is 1. The largest absolute Gasteiger partial charge is 0.376 e. The first-order valence-electron chi connectivity index (χ1n) is 7.32.